The van der Waals surface area contributed by atoms with E-state index >= 15 is 0 Å². The van der Waals surface area contributed by atoms with E-state index < -0.39 is 8.32 Å². The summed E-state index contributed by atoms with van der Waals surface area (Å²) < 4.78 is 19.8. The van der Waals surface area contributed by atoms with E-state index in [0.29, 0.717) is 13.0 Å². The van der Waals surface area contributed by atoms with Crippen molar-refractivity contribution < 1.29 is 13.9 Å². The van der Waals surface area contributed by atoms with Crippen LogP contribution in [-0.2, 0) is 13.9 Å². The monoisotopic (exact) mass is 458 g/mol. The van der Waals surface area contributed by atoms with Crippen molar-refractivity contribution in [1.29, 1.82) is 0 Å². The van der Waals surface area contributed by atoms with Crippen molar-refractivity contribution in [3.63, 3.8) is 0 Å². The first kappa shape index (κ1) is 23.6. The predicted molar refractivity (Wildman–Crippen MR) is 137 cm³/mol. The molecule has 0 amide bonds. The maximum Gasteiger partial charge on any atom is 0.261 e. The zero-order valence-electron chi connectivity index (χ0n) is 19.8. The molecule has 0 bridgehead atoms. The van der Waals surface area contributed by atoms with Crippen LogP contribution in [0.5, 0.6) is 0 Å². The van der Waals surface area contributed by atoms with Crippen LogP contribution in [0.25, 0.3) is 0 Å². The molecule has 1 saturated heterocycles. The average Bonchev–Trinajstić information content (AvgIpc) is 3.33. The summed E-state index contributed by atoms with van der Waals surface area (Å²) >= 11 is 0. The van der Waals surface area contributed by atoms with Crippen molar-refractivity contribution in [2.24, 2.45) is 0 Å². The van der Waals surface area contributed by atoms with E-state index in [2.05, 4.69) is 88.0 Å². The van der Waals surface area contributed by atoms with E-state index in [0.717, 1.165) is 5.56 Å². The second-order valence-electron chi connectivity index (χ2n) is 9.59. The van der Waals surface area contributed by atoms with Gasteiger partial charge in [-0.1, -0.05) is 118 Å². The van der Waals surface area contributed by atoms with Crippen LogP contribution >= 0.6 is 0 Å². The summed E-state index contributed by atoms with van der Waals surface area (Å²) in [6.07, 6.45) is 1.92. The molecule has 1 fully saturated rings. The third-order valence-corrected chi connectivity index (χ3v) is 11.4. The summed E-state index contributed by atoms with van der Waals surface area (Å²) in [4.78, 5) is 0. The van der Waals surface area contributed by atoms with Gasteiger partial charge in [0.2, 0.25) is 0 Å². The van der Waals surface area contributed by atoms with Crippen molar-refractivity contribution in [3.05, 3.63) is 109 Å². The van der Waals surface area contributed by atoms with Crippen LogP contribution in [0.15, 0.2) is 104 Å². The van der Waals surface area contributed by atoms with E-state index in [1.807, 2.05) is 36.4 Å². The fraction of sp³-hybridized carbons (Fsp3) is 0.310. The summed E-state index contributed by atoms with van der Waals surface area (Å²) in [5, 5.41) is 2.42. The Hall–Kier alpha value is -2.50. The van der Waals surface area contributed by atoms with Crippen molar-refractivity contribution in [2.45, 2.75) is 50.7 Å². The van der Waals surface area contributed by atoms with Gasteiger partial charge in [-0.3, -0.25) is 0 Å². The molecular weight excluding hydrogens is 424 g/mol. The lowest BCUT2D eigenvalue weighted by Crippen LogP contribution is -2.68. The van der Waals surface area contributed by atoms with E-state index in [9.17, 15) is 0 Å². The Morgan fingerprint density at radius 1 is 0.909 bits per heavy atom. The molecule has 0 aromatic heterocycles. The van der Waals surface area contributed by atoms with Crippen LogP contribution in [0.2, 0.25) is 5.04 Å². The third-order valence-electron chi connectivity index (χ3n) is 6.34. The molecule has 33 heavy (non-hydrogen) atoms. The smallest absolute Gasteiger partial charge is 0.261 e. The number of rotatable bonds is 8. The minimum atomic E-state index is -2.70. The molecule has 0 saturated carbocycles. The van der Waals surface area contributed by atoms with Gasteiger partial charge in [0.05, 0.1) is 12.7 Å². The highest BCUT2D eigenvalue weighted by atomic mass is 28.4. The van der Waals surface area contributed by atoms with Gasteiger partial charge in [0.15, 0.2) is 6.29 Å². The van der Waals surface area contributed by atoms with Gasteiger partial charge in [0.25, 0.3) is 8.32 Å². The summed E-state index contributed by atoms with van der Waals surface area (Å²) in [5.74, 6) is 0. The highest BCUT2D eigenvalue weighted by Gasteiger charge is 2.52. The number of benzene rings is 3. The van der Waals surface area contributed by atoms with Crippen molar-refractivity contribution in [2.75, 3.05) is 6.61 Å². The Morgan fingerprint density at radius 2 is 1.42 bits per heavy atom. The first-order chi connectivity index (χ1) is 16.0. The van der Waals surface area contributed by atoms with Gasteiger partial charge in [-0.25, -0.2) is 0 Å². The molecule has 1 aliphatic heterocycles. The quantitative estimate of drug-likeness (QED) is 0.324. The third kappa shape index (κ3) is 4.90. The van der Waals surface area contributed by atoms with E-state index in [1.165, 1.54) is 10.4 Å². The molecule has 0 spiro atoms. The molecule has 1 aliphatic rings. The molecule has 4 rings (SSSR count). The molecule has 0 radical (unpaired) electrons. The summed E-state index contributed by atoms with van der Waals surface area (Å²) in [6.45, 7) is 11.4. The van der Waals surface area contributed by atoms with Crippen molar-refractivity contribution in [1.82, 2.24) is 0 Å². The van der Waals surface area contributed by atoms with Crippen LogP contribution in [0.4, 0.5) is 0 Å². The van der Waals surface area contributed by atoms with Gasteiger partial charge >= 0.3 is 0 Å². The normalized spacial score (nSPS) is 19.8. The van der Waals surface area contributed by atoms with Gasteiger partial charge < -0.3 is 13.9 Å². The SMILES string of the molecule is C=CC[C@H](O[Si](c1ccccc1)(c1ccccc1)C(C)(C)C)[C@@H]1COC(c2ccccc2)O1. The van der Waals surface area contributed by atoms with Gasteiger partial charge in [-0.05, 0) is 21.8 Å². The fourth-order valence-electron chi connectivity index (χ4n) is 4.76. The lowest BCUT2D eigenvalue weighted by Gasteiger charge is -2.45. The molecule has 172 valence electrons. The maximum atomic E-state index is 7.35. The number of ether oxygens (including phenoxy) is 2. The standard InChI is InChI=1S/C29H34O3Si/c1-5-15-26(27-22-30-28(31-27)23-16-9-6-10-17-23)32-33(29(2,3)4,24-18-11-7-12-19-24)25-20-13-8-14-21-25/h5-14,16-21,26-28H,1,15,22H2,2-4H3/t26-,27-,28?/m0/s1. The predicted octanol–water partition coefficient (Wildman–Crippen LogP) is 5.62. The zero-order chi connectivity index (χ0) is 23.3. The van der Waals surface area contributed by atoms with Crippen molar-refractivity contribution >= 4 is 18.7 Å². The molecule has 3 atom stereocenters. The molecule has 0 aliphatic carbocycles. The Bertz CT molecular complexity index is 975. The summed E-state index contributed by atoms with van der Waals surface area (Å²) in [6, 6.07) is 31.5. The Labute approximate surface area is 199 Å². The highest BCUT2D eigenvalue weighted by Crippen LogP contribution is 2.39. The van der Waals surface area contributed by atoms with E-state index in [1.54, 1.807) is 0 Å². The summed E-state index contributed by atoms with van der Waals surface area (Å²) in [7, 11) is -2.70. The molecular formula is C29H34O3Si. The van der Waals surface area contributed by atoms with Gasteiger partial charge in [-0.15, -0.1) is 6.58 Å². The van der Waals surface area contributed by atoms with E-state index in [4.69, 9.17) is 13.9 Å². The van der Waals surface area contributed by atoms with Crippen LogP contribution in [-0.4, -0.2) is 27.1 Å². The van der Waals surface area contributed by atoms with E-state index in [-0.39, 0.29) is 23.5 Å². The zero-order valence-corrected chi connectivity index (χ0v) is 20.8. The number of hydrogen-bond donors (Lipinski definition) is 0. The van der Waals surface area contributed by atoms with Gasteiger partial charge in [0, 0.05) is 5.56 Å². The topological polar surface area (TPSA) is 27.7 Å². The Balaban J connectivity index is 1.73. The minimum absolute atomic E-state index is 0.104. The first-order valence-corrected chi connectivity index (χ1v) is 13.6. The lowest BCUT2D eigenvalue weighted by molar-refractivity contribution is -0.0797. The Kier molecular flexibility index (Phi) is 7.30. The second kappa shape index (κ2) is 10.2. The molecule has 3 nitrogen and oxygen atoms in total. The molecule has 4 heteroatoms. The molecule has 3 aromatic carbocycles. The first-order valence-electron chi connectivity index (χ1n) is 11.7. The maximum absolute atomic E-state index is 7.35. The number of hydrogen-bond acceptors (Lipinski definition) is 3. The summed E-state index contributed by atoms with van der Waals surface area (Å²) in [5.41, 5.74) is 1.03. The van der Waals surface area contributed by atoms with Gasteiger partial charge in [0.1, 0.15) is 6.10 Å². The van der Waals surface area contributed by atoms with Crippen LogP contribution in [0.3, 0.4) is 0 Å². The van der Waals surface area contributed by atoms with Crippen LogP contribution in [0.1, 0.15) is 39.0 Å². The van der Waals surface area contributed by atoms with Gasteiger partial charge in [-0.2, -0.15) is 0 Å². The fourth-order valence-corrected chi connectivity index (χ4v) is 9.47. The Morgan fingerprint density at radius 3 is 1.91 bits per heavy atom. The molecule has 0 N–H and O–H groups in total. The molecule has 1 heterocycles. The molecule has 3 aromatic rings. The highest BCUT2D eigenvalue weighted by molar-refractivity contribution is 6.99. The van der Waals surface area contributed by atoms with Crippen LogP contribution < -0.4 is 10.4 Å². The van der Waals surface area contributed by atoms with Crippen LogP contribution in [0, 0.1) is 0 Å². The second-order valence-corrected chi connectivity index (χ2v) is 13.8. The van der Waals surface area contributed by atoms with Crippen molar-refractivity contribution in [3.8, 4) is 0 Å². The molecule has 1 unspecified atom stereocenters. The minimum Gasteiger partial charge on any atom is -0.401 e. The lowest BCUT2D eigenvalue weighted by atomic mass is 10.1. The largest absolute Gasteiger partial charge is 0.401 e. The average molecular weight is 459 g/mol.